The summed E-state index contributed by atoms with van der Waals surface area (Å²) >= 11 is 0. The Bertz CT molecular complexity index is 1660. The van der Waals surface area contributed by atoms with Crippen molar-refractivity contribution >= 4 is 30.4 Å². The molecule has 10 nitrogen and oxygen atoms in total. The average molecular weight is 663 g/mol. The highest BCUT2D eigenvalue weighted by molar-refractivity contribution is 5.89. The number of aromatic carboxylic acids is 1. The Hall–Kier alpha value is -4.43. The fraction of sp³-hybridized carbons (Fsp3) is 0.389. The van der Waals surface area contributed by atoms with Crippen molar-refractivity contribution in [2.75, 3.05) is 7.11 Å². The predicted molar refractivity (Wildman–Crippen MR) is 181 cm³/mol. The first kappa shape index (κ1) is 37.0. The minimum absolute atomic E-state index is 0. The van der Waals surface area contributed by atoms with Gasteiger partial charge in [-0.25, -0.2) is 14.4 Å². The largest absolute Gasteiger partial charge is 0.478 e. The molecule has 3 aliphatic rings. The molecule has 1 amide bonds. The lowest BCUT2D eigenvalue weighted by Crippen LogP contribution is -2.34. The second-order valence-corrected chi connectivity index (χ2v) is 12.7. The van der Waals surface area contributed by atoms with Crippen LogP contribution in [0, 0.1) is 11.3 Å². The standard InChI is InChI=1S/C15H18N2O2.C11H13NO2.C10H11NO2.ClH/c1-15(2,3)19-14(18)17-13-7-5-11-8-10(9-16)4-6-12(11)13;1-14-11(13)8-2-4-9-7(6-8)3-5-10(9)12;11-9-4-2-6-5-7(10(12)13)1-3-8(6)9;/h4,6,8,13H,5,7H2,1-3H3,(H,17,18);2,4,6,10H,3,5,12H2,1H3;1,3,5,9H,2,4,11H2,(H,12,13);1H/t13-;10-;9-;/m000./s1. The Morgan fingerprint density at radius 3 is 1.87 bits per heavy atom. The van der Waals surface area contributed by atoms with Crippen LogP contribution < -0.4 is 16.8 Å². The summed E-state index contributed by atoms with van der Waals surface area (Å²) in [4.78, 5) is 33.7. The molecule has 0 heterocycles. The van der Waals surface area contributed by atoms with E-state index in [1.54, 1.807) is 24.3 Å². The topological polar surface area (TPSA) is 178 Å². The Balaban J connectivity index is 0.000000194. The predicted octanol–water partition coefficient (Wildman–Crippen LogP) is 6.24. The zero-order valence-electron chi connectivity index (χ0n) is 27.2. The summed E-state index contributed by atoms with van der Waals surface area (Å²) in [6.45, 7) is 5.52. The van der Waals surface area contributed by atoms with Gasteiger partial charge in [0.2, 0.25) is 0 Å². The number of aryl methyl sites for hydroxylation is 3. The van der Waals surface area contributed by atoms with E-state index >= 15 is 0 Å². The molecule has 47 heavy (non-hydrogen) atoms. The molecule has 0 spiro atoms. The number of rotatable bonds is 3. The number of ether oxygens (including phenoxy) is 2. The van der Waals surface area contributed by atoms with E-state index in [0.717, 1.165) is 66.3 Å². The van der Waals surface area contributed by atoms with Gasteiger partial charge in [0.05, 0.1) is 35.9 Å². The molecule has 3 aliphatic carbocycles. The van der Waals surface area contributed by atoms with Gasteiger partial charge in [-0.1, -0.05) is 18.2 Å². The Labute approximate surface area is 281 Å². The number of carbonyl (C=O) groups is 3. The summed E-state index contributed by atoms with van der Waals surface area (Å²) in [5.74, 6) is -1.16. The molecule has 3 aromatic carbocycles. The monoisotopic (exact) mass is 662 g/mol. The van der Waals surface area contributed by atoms with Gasteiger partial charge < -0.3 is 31.4 Å². The number of hydrogen-bond donors (Lipinski definition) is 4. The van der Waals surface area contributed by atoms with E-state index in [1.807, 2.05) is 51.1 Å². The van der Waals surface area contributed by atoms with Crippen molar-refractivity contribution in [3.63, 3.8) is 0 Å². The third-order valence-corrected chi connectivity index (χ3v) is 8.24. The average Bonchev–Trinajstić information content (AvgIpc) is 3.72. The number of hydrogen-bond acceptors (Lipinski definition) is 8. The summed E-state index contributed by atoms with van der Waals surface area (Å²) in [5.41, 5.74) is 19.6. The van der Waals surface area contributed by atoms with Crippen LogP contribution in [0.1, 0.15) is 118 Å². The van der Waals surface area contributed by atoms with Crippen LogP contribution in [0.25, 0.3) is 0 Å². The third kappa shape index (κ3) is 9.55. The number of esters is 1. The van der Waals surface area contributed by atoms with Crippen LogP contribution in [0.2, 0.25) is 0 Å². The molecule has 6 N–H and O–H groups in total. The number of fused-ring (bicyclic) bond motifs is 3. The van der Waals surface area contributed by atoms with Gasteiger partial charge in [0.25, 0.3) is 0 Å². The lowest BCUT2D eigenvalue weighted by atomic mass is 10.1. The van der Waals surface area contributed by atoms with E-state index in [4.69, 9.17) is 26.6 Å². The summed E-state index contributed by atoms with van der Waals surface area (Å²) in [6, 6.07) is 18.7. The minimum atomic E-state index is -0.872. The molecule has 0 aliphatic heterocycles. The lowest BCUT2D eigenvalue weighted by molar-refractivity contribution is 0.0502. The minimum Gasteiger partial charge on any atom is -0.478 e. The first-order valence-electron chi connectivity index (χ1n) is 15.4. The molecule has 0 bridgehead atoms. The number of methoxy groups -OCH3 is 1. The van der Waals surface area contributed by atoms with Crippen molar-refractivity contribution in [1.29, 1.82) is 5.26 Å². The maximum Gasteiger partial charge on any atom is 0.408 e. The lowest BCUT2D eigenvalue weighted by Gasteiger charge is -2.22. The van der Waals surface area contributed by atoms with Crippen LogP contribution in [-0.4, -0.2) is 35.8 Å². The maximum atomic E-state index is 11.8. The summed E-state index contributed by atoms with van der Waals surface area (Å²) in [5, 5.41) is 20.5. The summed E-state index contributed by atoms with van der Waals surface area (Å²) in [7, 11) is 1.39. The van der Waals surface area contributed by atoms with Gasteiger partial charge in [-0.05, 0) is 129 Å². The number of alkyl carbamates (subject to hydrolysis) is 1. The van der Waals surface area contributed by atoms with Crippen molar-refractivity contribution < 1.29 is 29.0 Å². The first-order valence-corrected chi connectivity index (χ1v) is 15.4. The van der Waals surface area contributed by atoms with Crippen LogP contribution in [0.4, 0.5) is 4.79 Å². The highest BCUT2D eigenvalue weighted by atomic mass is 35.5. The third-order valence-electron chi connectivity index (χ3n) is 8.24. The molecule has 0 fully saturated rings. The molecule has 0 unspecified atom stereocenters. The number of halogens is 1. The Morgan fingerprint density at radius 1 is 0.830 bits per heavy atom. The molecule has 250 valence electrons. The number of carbonyl (C=O) groups excluding carboxylic acids is 2. The molecule has 3 atom stereocenters. The molecule has 3 aromatic rings. The molecule has 0 radical (unpaired) electrons. The number of benzene rings is 3. The van der Waals surface area contributed by atoms with Gasteiger partial charge in [-0.15, -0.1) is 12.4 Å². The van der Waals surface area contributed by atoms with E-state index < -0.39 is 17.7 Å². The second-order valence-electron chi connectivity index (χ2n) is 12.7. The SMILES string of the molecule is CC(C)(C)OC(=O)N[C@H]1CCc2cc(C#N)ccc21.COC(=O)c1ccc2c(c1)CC[C@@H]2N.Cl.N[C@H]1CCc2cc(C(=O)O)ccc21. The van der Waals surface area contributed by atoms with Crippen LogP contribution in [0.3, 0.4) is 0 Å². The van der Waals surface area contributed by atoms with Gasteiger partial charge >= 0.3 is 18.0 Å². The van der Waals surface area contributed by atoms with Crippen LogP contribution in [0.15, 0.2) is 54.6 Å². The number of nitriles is 1. The highest BCUT2D eigenvalue weighted by Crippen LogP contribution is 2.32. The van der Waals surface area contributed by atoms with Crippen LogP contribution >= 0.6 is 12.4 Å². The number of amides is 1. The van der Waals surface area contributed by atoms with Crippen LogP contribution in [0.5, 0.6) is 0 Å². The van der Waals surface area contributed by atoms with Crippen molar-refractivity contribution in [2.45, 2.75) is 83.0 Å². The Kier molecular flexibility index (Phi) is 12.5. The summed E-state index contributed by atoms with van der Waals surface area (Å²) < 4.78 is 9.91. The normalized spacial score (nSPS) is 18.3. The number of nitrogens with zero attached hydrogens (tertiary/aromatic N) is 1. The van der Waals surface area contributed by atoms with Crippen LogP contribution in [-0.2, 0) is 28.7 Å². The van der Waals surface area contributed by atoms with Gasteiger partial charge in [0.1, 0.15) is 5.60 Å². The van der Waals surface area contributed by atoms with E-state index in [1.165, 1.54) is 12.7 Å². The number of nitrogens with two attached hydrogens (primary N) is 2. The van der Waals surface area contributed by atoms with Crippen molar-refractivity contribution in [3.05, 3.63) is 105 Å². The first-order chi connectivity index (χ1) is 21.8. The molecular weight excluding hydrogens is 620 g/mol. The van der Waals surface area contributed by atoms with Gasteiger partial charge in [0.15, 0.2) is 0 Å². The van der Waals surface area contributed by atoms with Gasteiger partial charge in [-0.3, -0.25) is 0 Å². The van der Waals surface area contributed by atoms with Crippen molar-refractivity contribution in [1.82, 2.24) is 5.32 Å². The van der Waals surface area contributed by atoms with E-state index in [0.29, 0.717) is 16.7 Å². The zero-order valence-corrected chi connectivity index (χ0v) is 28.0. The summed E-state index contributed by atoms with van der Waals surface area (Å²) in [6.07, 6.45) is 5.10. The van der Waals surface area contributed by atoms with Gasteiger partial charge in [-0.2, -0.15) is 5.26 Å². The molecule has 0 aromatic heterocycles. The molecule has 6 rings (SSSR count). The molecule has 0 saturated carbocycles. The maximum absolute atomic E-state index is 11.8. The number of carboxylic acids is 1. The molecule has 11 heteroatoms. The molecule has 0 saturated heterocycles. The van der Waals surface area contributed by atoms with E-state index in [-0.39, 0.29) is 36.5 Å². The molecular formula is C36H43ClN4O6. The van der Waals surface area contributed by atoms with Crippen molar-refractivity contribution in [3.8, 4) is 6.07 Å². The number of carboxylic acid groups (broad SMARTS) is 1. The quantitative estimate of drug-likeness (QED) is 0.236. The number of nitrogens with one attached hydrogen (secondary N) is 1. The zero-order chi connectivity index (χ0) is 33.6. The van der Waals surface area contributed by atoms with Crippen molar-refractivity contribution in [2.24, 2.45) is 11.5 Å². The van der Waals surface area contributed by atoms with E-state index in [9.17, 15) is 14.4 Å². The smallest absolute Gasteiger partial charge is 0.408 e. The highest BCUT2D eigenvalue weighted by Gasteiger charge is 2.26. The van der Waals surface area contributed by atoms with Gasteiger partial charge in [0, 0.05) is 12.1 Å². The van der Waals surface area contributed by atoms with E-state index in [2.05, 4.69) is 16.1 Å². The second kappa shape index (κ2) is 15.9. The fourth-order valence-corrected chi connectivity index (χ4v) is 5.97. The Morgan fingerprint density at radius 2 is 1.34 bits per heavy atom. The fourth-order valence-electron chi connectivity index (χ4n) is 5.97.